The molecule has 1 heterocycles. The van der Waals surface area contributed by atoms with Crippen molar-refractivity contribution in [1.82, 2.24) is 4.90 Å². The molecule has 3 rings (SSSR count). The number of nitrogens with zero attached hydrogens (tertiary/aromatic N) is 1. The van der Waals surface area contributed by atoms with Crippen molar-refractivity contribution in [3.8, 4) is 5.75 Å². The smallest absolute Gasteiger partial charge is 0.293 e. The number of ketones is 1. The van der Waals surface area contributed by atoms with Gasteiger partial charge in [-0.25, -0.2) is 0 Å². The molecule has 0 aromatic heterocycles. The molecule has 2 amide bonds. The number of halogens is 2. The van der Waals surface area contributed by atoms with E-state index < -0.39 is 11.1 Å². The number of imide groups is 1. The van der Waals surface area contributed by atoms with Gasteiger partial charge in [-0.1, -0.05) is 17.7 Å². The van der Waals surface area contributed by atoms with E-state index in [2.05, 4.69) is 15.9 Å². The molecular weight excluding hydrogens is 478 g/mol. The van der Waals surface area contributed by atoms with Gasteiger partial charge in [-0.05, 0) is 89.6 Å². The number of thioether (sulfide) groups is 1. The van der Waals surface area contributed by atoms with E-state index >= 15 is 0 Å². The SMILES string of the molecule is CC(C)Oc1ccc(/C=C2\SC(=O)N(CC(=O)c3ccc(Cl)cc3)C2=O)cc1Br. The number of hydrogen-bond acceptors (Lipinski definition) is 5. The maximum Gasteiger partial charge on any atom is 0.293 e. The van der Waals surface area contributed by atoms with Gasteiger partial charge < -0.3 is 4.74 Å². The quantitative estimate of drug-likeness (QED) is 0.375. The van der Waals surface area contributed by atoms with Gasteiger partial charge in [0, 0.05) is 10.6 Å². The van der Waals surface area contributed by atoms with Crippen LogP contribution < -0.4 is 4.74 Å². The van der Waals surface area contributed by atoms with E-state index in [0.717, 1.165) is 26.7 Å². The van der Waals surface area contributed by atoms with Crippen LogP contribution in [0.1, 0.15) is 29.8 Å². The molecule has 150 valence electrons. The highest BCUT2D eigenvalue weighted by molar-refractivity contribution is 9.10. The number of ether oxygens (including phenoxy) is 1. The third-order valence-corrected chi connectivity index (χ3v) is 5.74. The molecule has 0 saturated carbocycles. The summed E-state index contributed by atoms with van der Waals surface area (Å²) in [4.78, 5) is 38.5. The first-order valence-electron chi connectivity index (χ1n) is 8.75. The first-order chi connectivity index (χ1) is 13.7. The normalized spacial score (nSPS) is 15.5. The number of amides is 2. The standard InChI is InChI=1S/C21H17BrClNO4S/c1-12(2)28-18-8-3-13(9-16(18)22)10-19-20(26)24(21(27)29-19)11-17(25)14-4-6-15(23)7-5-14/h3-10,12H,11H2,1-2H3/b19-10-. The summed E-state index contributed by atoms with van der Waals surface area (Å²) in [6.07, 6.45) is 1.66. The Hall–Kier alpha value is -2.09. The summed E-state index contributed by atoms with van der Waals surface area (Å²) in [5.41, 5.74) is 1.13. The lowest BCUT2D eigenvalue weighted by molar-refractivity contribution is -0.122. The van der Waals surface area contributed by atoms with Crippen LogP contribution in [0.15, 0.2) is 51.8 Å². The molecule has 0 atom stereocenters. The van der Waals surface area contributed by atoms with E-state index in [1.54, 1.807) is 42.5 Å². The number of rotatable bonds is 6. The number of carbonyl (C=O) groups excluding carboxylic acids is 3. The number of hydrogen-bond donors (Lipinski definition) is 0. The average molecular weight is 495 g/mol. The van der Waals surface area contributed by atoms with Gasteiger partial charge in [0.2, 0.25) is 0 Å². The van der Waals surface area contributed by atoms with Gasteiger partial charge in [-0.2, -0.15) is 0 Å². The fourth-order valence-corrected chi connectivity index (χ4v) is 4.07. The molecular formula is C21H17BrClNO4S. The summed E-state index contributed by atoms with van der Waals surface area (Å²) >= 11 is 10.1. The van der Waals surface area contributed by atoms with Crippen molar-refractivity contribution in [3.63, 3.8) is 0 Å². The summed E-state index contributed by atoms with van der Waals surface area (Å²) in [5, 5.41) is 0.0361. The van der Waals surface area contributed by atoms with E-state index in [0.29, 0.717) is 16.3 Å². The summed E-state index contributed by atoms with van der Waals surface area (Å²) in [5.74, 6) is -0.122. The third kappa shape index (κ3) is 5.29. The minimum absolute atomic E-state index is 0.0341. The molecule has 0 unspecified atom stereocenters. The minimum Gasteiger partial charge on any atom is -0.490 e. The molecule has 0 bridgehead atoms. The molecule has 1 aliphatic heterocycles. The molecule has 0 radical (unpaired) electrons. The van der Waals surface area contributed by atoms with Crippen LogP contribution in [0.3, 0.4) is 0 Å². The predicted octanol–water partition coefficient (Wildman–Crippen LogP) is 5.81. The monoisotopic (exact) mass is 493 g/mol. The van der Waals surface area contributed by atoms with Crippen LogP contribution in [0.2, 0.25) is 5.02 Å². The zero-order valence-corrected chi connectivity index (χ0v) is 18.8. The molecule has 0 N–H and O–H groups in total. The highest BCUT2D eigenvalue weighted by Crippen LogP contribution is 2.34. The fraction of sp³-hybridized carbons (Fsp3) is 0.190. The second-order valence-electron chi connectivity index (χ2n) is 6.55. The molecule has 2 aromatic rings. The van der Waals surface area contributed by atoms with Gasteiger partial charge in [0.1, 0.15) is 5.75 Å². The summed E-state index contributed by atoms with van der Waals surface area (Å²) in [6, 6.07) is 11.7. The lowest BCUT2D eigenvalue weighted by Crippen LogP contribution is -2.33. The van der Waals surface area contributed by atoms with Crippen molar-refractivity contribution in [1.29, 1.82) is 0 Å². The van der Waals surface area contributed by atoms with Crippen molar-refractivity contribution in [2.45, 2.75) is 20.0 Å². The Balaban J connectivity index is 1.75. The van der Waals surface area contributed by atoms with Crippen molar-refractivity contribution < 1.29 is 19.1 Å². The molecule has 1 aliphatic rings. The van der Waals surface area contributed by atoms with Crippen LogP contribution in [-0.2, 0) is 4.79 Å². The molecule has 0 spiro atoms. The van der Waals surface area contributed by atoms with E-state index in [1.165, 1.54) is 0 Å². The van der Waals surface area contributed by atoms with E-state index in [4.69, 9.17) is 16.3 Å². The Labute approximate surface area is 186 Å². The molecule has 1 saturated heterocycles. The Bertz CT molecular complexity index is 1000. The van der Waals surface area contributed by atoms with Gasteiger partial charge in [0.25, 0.3) is 11.1 Å². The van der Waals surface area contributed by atoms with Gasteiger partial charge in [-0.15, -0.1) is 0 Å². The molecule has 29 heavy (non-hydrogen) atoms. The number of carbonyl (C=O) groups is 3. The predicted molar refractivity (Wildman–Crippen MR) is 118 cm³/mol. The highest BCUT2D eigenvalue weighted by Gasteiger charge is 2.36. The molecule has 2 aromatic carbocycles. The minimum atomic E-state index is -0.485. The first kappa shape index (κ1) is 21.6. The molecule has 8 heteroatoms. The topological polar surface area (TPSA) is 63.7 Å². The maximum atomic E-state index is 12.6. The van der Waals surface area contributed by atoms with E-state index in [9.17, 15) is 14.4 Å². The Morgan fingerprint density at radius 1 is 1.21 bits per heavy atom. The van der Waals surface area contributed by atoms with Crippen LogP contribution in [-0.4, -0.2) is 34.5 Å². The molecule has 0 aliphatic carbocycles. The second-order valence-corrected chi connectivity index (χ2v) is 8.84. The molecule has 1 fully saturated rings. The van der Waals surface area contributed by atoms with Gasteiger partial charge in [0.15, 0.2) is 5.78 Å². The van der Waals surface area contributed by atoms with Crippen molar-refractivity contribution in [3.05, 3.63) is 68.0 Å². The number of Topliss-reactive ketones (excluding diaryl/α,β-unsaturated/α-hetero) is 1. The van der Waals surface area contributed by atoms with Crippen LogP contribution >= 0.6 is 39.3 Å². The average Bonchev–Trinajstić information content (AvgIpc) is 2.91. The fourth-order valence-electron chi connectivity index (χ4n) is 2.61. The van der Waals surface area contributed by atoms with Crippen molar-refractivity contribution in [2.75, 3.05) is 6.54 Å². The first-order valence-corrected chi connectivity index (χ1v) is 10.7. The van der Waals surface area contributed by atoms with E-state index in [-0.39, 0.29) is 23.3 Å². The van der Waals surface area contributed by atoms with Crippen LogP contribution in [0.5, 0.6) is 5.75 Å². The summed E-state index contributed by atoms with van der Waals surface area (Å²) < 4.78 is 6.42. The van der Waals surface area contributed by atoms with Crippen molar-refractivity contribution in [2.24, 2.45) is 0 Å². The van der Waals surface area contributed by atoms with Crippen molar-refractivity contribution >= 4 is 62.3 Å². The Kier molecular flexibility index (Phi) is 6.82. The maximum absolute atomic E-state index is 12.6. The van der Waals surface area contributed by atoms with E-state index in [1.807, 2.05) is 19.9 Å². The lowest BCUT2D eigenvalue weighted by atomic mass is 10.1. The number of benzene rings is 2. The van der Waals surface area contributed by atoms with Gasteiger partial charge in [0.05, 0.1) is 22.0 Å². The highest BCUT2D eigenvalue weighted by atomic mass is 79.9. The van der Waals surface area contributed by atoms with Gasteiger partial charge in [-0.3, -0.25) is 19.3 Å². The molecule has 5 nitrogen and oxygen atoms in total. The Morgan fingerprint density at radius 2 is 1.90 bits per heavy atom. The lowest BCUT2D eigenvalue weighted by Gasteiger charge is -2.12. The largest absolute Gasteiger partial charge is 0.490 e. The summed E-state index contributed by atoms with van der Waals surface area (Å²) in [6.45, 7) is 3.55. The summed E-state index contributed by atoms with van der Waals surface area (Å²) in [7, 11) is 0. The zero-order chi connectivity index (χ0) is 21.1. The third-order valence-electron chi connectivity index (χ3n) is 3.96. The van der Waals surface area contributed by atoms with Crippen LogP contribution in [0, 0.1) is 0 Å². The van der Waals surface area contributed by atoms with Crippen LogP contribution in [0.4, 0.5) is 4.79 Å². The van der Waals surface area contributed by atoms with Gasteiger partial charge >= 0.3 is 0 Å². The van der Waals surface area contributed by atoms with Crippen LogP contribution in [0.25, 0.3) is 6.08 Å². The Morgan fingerprint density at radius 3 is 2.52 bits per heavy atom. The zero-order valence-electron chi connectivity index (χ0n) is 15.6. The second kappa shape index (κ2) is 9.15.